The molecule has 0 radical (unpaired) electrons. The van der Waals surface area contributed by atoms with Gasteiger partial charge in [0.15, 0.2) is 0 Å². The zero-order valence-corrected chi connectivity index (χ0v) is 20.3. The van der Waals surface area contributed by atoms with Crippen LogP contribution in [0.15, 0.2) is 22.6 Å². The van der Waals surface area contributed by atoms with Gasteiger partial charge >= 0.3 is 24.5 Å². The zero-order valence-electron chi connectivity index (χ0n) is 20.3. The molecule has 0 saturated heterocycles. The molecule has 0 aromatic carbocycles. The Morgan fingerprint density at radius 2 is 1.32 bits per heavy atom. The summed E-state index contributed by atoms with van der Waals surface area (Å²) in [5, 5.41) is 0. The van der Waals surface area contributed by atoms with Crippen molar-refractivity contribution in [2.24, 2.45) is 9.98 Å². The van der Waals surface area contributed by atoms with Crippen LogP contribution in [0.25, 0.3) is 0 Å². The SMILES string of the molecule is C=C/C(=N\CC(N(C(=O)OC(C)(C)C)C(=O)OC(C)(C)C)N(C)/C(=N\C)C(F)(F)F)C(F)(F)F. The maximum Gasteiger partial charge on any atom is 0.449 e. The van der Waals surface area contributed by atoms with Crippen molar-refractivity contribution >= 4 is 23.7 Å². The number of halogens is 6. The van der Waals surface area contributed by atoms with Gasteiger partial charge in [-0.2, -0.15) is 31.2 Å². The predicted octanol–water partition coefficient (Wildman–Crippen LogP) is 5.20. The summed E-state index contributed by atoms with van der Waals surface area (Å²) in [6.07, 6.45) is -14.7. The van der Waals surface area contributed by atoms with Crippen LogP contribution in [0, 0.1) is 0 Å². The normalized spacial score (nSPS) is 14.9. The molecule has 0 aromatic rings. The molecule has 0 heterocycles. The molecule has 0 rings (SSSR count). The molecule has 0 aliphatic carbocycles. The number of rotatable bonds is 5. The van der Waals surface area contributed by atoms with Crippen molar-refractivity contribution in [2.75, 3.05) is 20.6 Å². The van der Waals surface area contributed by atoms with Crippen LogP contribution in [-0.2, 0) is 9.47 Å². The average Bonchev–Trinajstić information content (AvgIpc) is 2.55. The van der Waals surface area contributed by atoms with Gasteiger partial charge in [0.1, 0.15) is 23.1 Å². The highest BCUT2D eigenvalue weighted by Gasteiger charge is 2.46. The number of aliphatic imine (C=N–C) groups is 2. The van der Waals surface area contributed by atoms with Gasteiger partial charge < -0.3 is 14.4 Å². The molecule has 0 spiro atoms. The third-order valence-corrected chi connectivity index (χ3v) is 3.63. The minimum atomic E-state index is -5.08. The van der Waals surface area contributed by atoms with Crippen molar-refractivity contribution in [3.63, 3.8) is 0 Å². The van der Waals surface area contributed by atoms with Gasteiger partial charge in [-0.25, -0.2) is 9.59 Å². The second-order valence-electron chi connectivity index (χ2n) is 8.89. The lowest BCUT2D eigenvalue weighted by atomic mass is 10.2. The van der Waals surface area contributed by atoms with Gasteiger partial charge in [-0.05, 0) is 47.6 Å². The Kier molecular flexibility index (Phi) is 10.2. The van der Waals surface area contributed by atoms with E-state index in [1.54, 1.807) is 0 Å². The number of amides is 2. The summed E-state index contributed by atoms with van der Waals surface area (Å²) >= 11 is 0. The number of nitrogens with zero attached hydrogens (tertiary/aromatic N) is 4. The van der Waals surface area contributed by atoms with Crippen LogP contribution in [0.2, 0.25) is 0 Å². The summed E-state index contributed by atoms with van der Waals surface area (Å²) in [4.78, 5) is 32.6. The molecule has 1 unspecified atom stereocenters. The number of imide groups is 1. The van der Waals surface area contributed by atoms with E-state index in [1.807, 2.05) is 0 Å². The molecule has 0 N–H and O–H groups in total. The highest BCUT2D eigenvalue weighted by atomic mass is 19.4. The third kappa shape index (κ3) is 10.00. The standard InChI is InChI=1S/C20H30F6N4O4/c1-10-12(19(21,22)23)28-11-13(29(9)14(27-8)20(24,25)26)30(15(31)33-17(2,3)4)16(32)34-18(5,6)7/h10,13H,1,11H2,2-9H3/b27-14-,28-12+. The van der Waals surface area contributed by atoms with E-state index in [-0.39, 0.29) is 4.90 Å². The van der Waals surface area contributed by atoms with E-state index in [0.717, 1.165) is 14.1 Å². The molecule has 0 aliphatic heterocycles. The lowest BCUT2D eigenvalue weighted by Crippen LogP contribution is -2.59. The summed E-state index contributed by atoms with van der Waals surface area (Å²) in [6.45, 7) is 10.4. The molecule has 14 heteroatoms. The van der Waals surface area contributed by atoms with Gasteiger partial charge in [0.25, 0.3) is 0 Å². The average molecular weight is 504 g/mol. The van der Waals surface area contributed by atoms with Crippen molar-refractivity contribution in [3.8, 4) is 0 Å². The first-order valence-corrected chi connectivity index (χ1v) is 9.81. The van der Waals surface area contributed by atoms with E-state index in [4.69, 9.17) is 9.47 Å². The van der Waals surface area contributed by atoms with Gasteiger partial charge in [0.05, 0.1) is 6.54 Å². The number of hydrogen-bond donors (Lipinski definition) is 0. The highest BCUT2D eigenvalue weighted by Crippen LogP contribution is 2.25. The molecule has 0 aromatic heterocycles. The van der Waals surface area contributed by atoms with E-state index < -0.39 is 60.0 Å². The molecule has 0 bridgehead atoms. The number of hydrogen-bond acceptors (Lipinski definition) is 6. The van der Waals surface area contributed by atoms with Crippen LogP contribution in [0.4, 0.5) is 35.9 Å². The predicted molar refractivity (Wildman–Crippen MR) is 114 cm³/mol. The van der Waals surface area contributed by atoms with Crippen LogP contribution >= 0.6 is 0 Å². The Morgan fingerprint density at radius 3 is 1.59 bits per heavy atom. The Balaban J connectivity index is 6.84. The lowest BCUT2D eigenvalue weighted by molar-refractivity contribution is -0.0750. The molecule has 0 aliphatic rings. The van der Waals surface area contributed by atoms with Gasteiger partial charge in [-0.3, -0.25) is 9.98 Å². The summed E-state index contributed by atoms with van der Waals surface area (Å²) in [5.74, 6) is -1.59. The maximum absolute atomic E-state index is 13.5. The van der Waals surface area contributed by atoms with Gasteiger partial charge in [-0.15, -0.1) is 0 Å². The summed E-state index contributed by atoms with van der Waals surface area (Å²) in [7, 11) is 1.58. The fraction of sp³-hybridized carbons (Fsp3) is 0.700. The second-order valence-corrected chi connectivity index (χ2v) is 8.89. The summed E-state index contributed by atoms with van der Waals surface area (Å²) in [6, 6.07) is 0. The Labute approximate surface area is 194 Å². The van der Waals surface area contributed by atoms with E-state index >= 15 is 0 Å². The maximum atomic E-state index is 13.5. The lowest BCUT2D eigenvalue weighted by Gasteiger charge is -2.38. The minimum Gasteiger partial charge on any atom is -0.443 e. The van der Waals surface area contributed by atoms with Crippen molar-refractivity contribution in [1.29, 1.82) is 0 Å². The van der Waals surface area contributed by atoms with Crippen molar-refractivity contribution in [3.05, 3.63) is 12.7 Å². The Bertz CT molecular complexity index is 780. The number of carbonyl (C=O) groups excluding carboxylic acids is 2. The van der Waals surface area contributed by atoms with Crippen LogP contribution < -0.4 is 0 Å². The molecule has 34 heavy (non-hydrogen) atoms. The number of likely N-dealkylation sites (N-methyl/N-ethyl adjacent to an activating group) is 1. The number of ether oxygens (including phenoxy) is 2. The molecular formula is C20H30F6N4O4. The number of alkyl halides is 6. The van der Waals surface area contributed by atoms with Crippen LogP contribution in [0.1, 0.15) is 41.5 Å². The first kappa shape index (κ1) is 31.2. The molecule has 2 amide bonds. The number of amidine groups is 1. The molecular weight excluding hydrogens is 474 g/mol. The molecule has 196 valence electrons. The van der Waals surface area contributed by atoms with Crippen molar-refractivity contribution in [2.45, 2.75) is 71.3 Å². The van der Waals surface area contributed by atoms with Crippen LogP contribution in [0.3, 0.4) is 0 Å². The minimum absolute atomic E-state index is 0.133. The topological polar surface area (TPSA) is 83.8 Å². The van der Waals surface area contributed by atoms with Gasteiger partial charge in [0, 0.05) is 14.1 Å². The van der Waals surface area contributed by atoms with Crippen LogP contribution in [-0.4, -0.2) is 83.9 Å². The quantitative estimate of drug-likeness (QED) is 0.223. The first-order chi connectivity index (χ1) is 15.0. The monoisotopic (exact) mass is 504 g/mol. The molecule has 1 atom stereocenters. The molecule has 8 nitrogen and oxygen atoms in total. The third-order valence-electron chi connectivity index (χ3n) is 3.63. The highest BCUT2D eigenvalue weighted by molar-refractivity contribution is 5.99. The Morgan fingerprint density at radius 1 is 0.912 bits per heavy atom. The second kappa shape index (κ2) is 11.1. The van der Waals surface area contributed by atoms with Crippen molar-refractivity contribution in [1.82, 2.24) is 9.80 Å². The summed E-state index contributed by atoms with van der Waals surface area (Å²) in [5.41, 5.74) is -3.96. The fourth-order valence-corrected chi connectivity index (χ4v) is 2.39. The Hall–Kier alpha value is -2.80. The smallest absolute Gasteiger partial charge is 0.443 e. The van der Waals surface area contributed by atoms with E-state index in [2.05, 4.69) is 16.6 Å². The molecule has 0 saturated carbocycles. The van der Waals surface area contributed by atoms with Crippen LogP contribution in [0.5, 0.6) is 0 Å². The summed E-state index contributed by atoms with van der Waals surface area (Å²) < 4.78 is 90.2. The fourth-order valence-electron chi connectivity index (χ4n) is 2.39. The zero-order chi connectivity index (χ0) is 27.3. The number of allylic oxidation sites excluding steroid dienone is 1. The van der Waals surface area contributed by atoms with E-state index in [9.17, 15) is 35.9 Å². The largest absolute Gasteiger partial charge is 0.449 e. The number of carbonyl (C=O) groups is 2. The van der Waals surface area contributed by atoms with E-state index in [1.165, 1.54) is 41.5 Å². The van der Waals surface area contributed by atoms with Gasteiger partial charge in [-0.1, -0.05) is 6.58 Å². The van der Waals surface area contributed by atoms with Crippen molar-refractivity contribution < 1.29 is 45.4 Å². The van der Waals surface area contributed by atoms with Gasteiger partial charge in [0.2, 0.25) is 5.84 Å². The first-order valence-electron chi connectivity index (χ1n) is 9.81. The molecule has 0 fully saturated rings. The van der Waals surface area contributed by atoms with E-state index in [0.29, 0.717) is 11.0 Å².